The van der Waals surface area contributed by atoms with E-state index in [2.05, 4.69) is 0 Å². The van der Waals surface area contributed by atoms with Gasteiger partial charge < -0.3 is 14.4 Å². The van der Waals surface area contributed by atoms with E-state index in [4.69, 9.17) is 16.0 Å². The van der Waals surface area contributed by atoms with Gasteiger partial charge in [0.1, 0.15) is 5.76 Å². The molecule has 1 aliphatic rings. The zero-order valence-corrected chi connectivity index (χ0v) is 13.3. The van der Waals surface area contributed by atoms with Gasteiger partial charge in [-0.15, -0.1) is 0 Å². The molecular formula is C17H16ClNO4. The average molecular weight is 334 g/mol. The molecule has 6 heteroatoms. The lowest BCUT2D eigenvalue weighted by Crippen LogP contribution is -2.34. The third-order valence-corrected chi connectivity index (χ3v) is 4.56. The van der Waals surface area contributed by atoms with Crippen LogP contribution in [0.4, 0.5) is 0 Å². The summed E-state index contributed by atoms with van der Waals surface area (Å²) in [6, 6.07) is 10.5. The van der Waals surface area contributed by atoms with E-state index in [9.17, 15) is 14.7 Å². The van der Waals surface area contributed by atoms with Gasteiger partial charge in [-0.1, -0.05) is 23.7 Å². The van der Waals surface area contributed by atoms with Crippen molar-refractivity contribution in [1.82, 2.24) is 4.90 Å². The Morgan fingerprint density at radius 2 is 2.00 bits per heavy atom. The molecule has 23 heavy (non-hydrogen) atoms. The Labute approximate surface area is 138 Å². The molecule has 1 aromatic heterocycles. The van der Waals surface area contributed by atoms with Gasteiger partial charge in [-0.25, -0.2) is 0 Å². The highest BCUT2D eigenvalue weighted by atomic mass is 35.5. The van der Waals surface area contributed by atoms with Crippen LogP contribution in [-0.2, 0) is 4.79 Å². The molecule has 120 valence electrons. The number of amides is 1. The Bertz CT molecular complexity index is 769. The number of halogens is 1. The van der Waals surface area contributed by atoms with Crippen LogP contribution in [0.1, 0.15) is 23.9 Å². The van der Waals surface area contributed by atoms with Crippen molar-refractivity contribution in [3.05, 3.63) is 47.2 Å². The second-order valence-electron chi connectivity index (χ2n) is 5.99. The van der Waals surface area contributed by atoms with Crippen LogP contribution in [0.2, 0.25) is 5.02 Å². The third-order valence-electron chi connectivity index (χ3n) is 4.23. The number of likely N-dealkylation sites (tertiary alicyclic amines) is 1. The predicted molar refractivity (Wildman–Crippen MR) is 85.4 cm³/mol. The number of carbonyl (C=O) groups is 2. The summed E-state index contributed by atoms with van der Waals surface area (Å²) >= 11 is 6.13. The maximum atomic E-state index is 12.5. The summed E-state index contributed by atoms with van der Waals surface area (Å²) in [5.74, 6) is -0.481. The first-order valence-electron chi connectivity index (χ1n) is 7.28. The fraction of sp³-hybridized carbons (Fsp3) is 0.294. The highest BCUT2D eigenvalue weighted by molar-refractivity contribution is 6.33. The molecule has 0 bridgehead atoms. The van der Waals surface area contributed by atoms with E-state index < -0.39 is 11.4 Å². The van der Waals surface area contributed by atoms with Crippen molar-refractivity contribution in [2.45, 2.75) is 13.3 Å². The van der Waals surface area contributed by atoms with E-state index >= 15 is 0 Å². The largest absolute Gasteiger partial charge is 0.481 e. The molecule has 0 spiro atoms. The summed E-state index contributed by atoms with van der Waals surface area (Å²) in [4.78, 5) is 25.3. The van der Waals surface area contributed by atoms with E-state index in [1.165, 1.54) is 4.90 Å². The summed E-state index contributed by atoms with van der Waals surface area (Å²) in [5.41, 5.74) is -0.182. The second kappa shape index (κ2) is 5.74. The van der Waals surface area contributed by atoms with E-state index in [1.807, 2.05) is 18.2 Å². The molecule has 2 aromatic rings. The van der Waals surface area contributed by atoms with Crippen molar-refractivity contribution >= 4 is 23.5 Å². The number of carbonyl (C=O) groups excluding carboxylic acids is 1. The third kappa shape index (κ3) is 2.84. The van der Waals surface area contributed by atoms with Crippen molar-refractivity contribution in [1.29, 1.82) is 0 Å². The molecule has 1 amide bonds. The molecule has 5 nitrogen and oxygen atoms in total. The number of furan rings is 1. The Kier molecular flexibility index (Phi) is 3.90. The number of carboxylic acid groups (broad SMARTS) is 1. The van der Waals surface area contributed by atoms with Crippen molar-refractivity contribution < 1.29 is 19.1 Å². The quantitative estimate of drug-likeness (QED) is 0.932. The molecule has 1 N–H and O–H groups in total. The van der Waals surface area contributed by atoms with Crippen LogP contribution in [0, 0.1) is 5.41 Å². The Hall–Kier alpha value is -2.27. The lowest BCUT2D eigenvalue weighted by molar-refractivity contribution is -0.147. The lowest BCUT2D eigenvalue weighted by atomic mass is 9.90. The standard InChI is InChI=1S/C17H16ClNO4/c1-17(16(21)22)8-9-19(10-17)15(20)14-7-6-13(23-14)11-4-2-3-5-12(11)18/h2-7H,8-10H2,1H3,(H,21,22)/t17-/m1/s1. The highest BCUT2D eigenvalue weighted by Crippen LogP contribution is 2.33. The zero-order chi connectivity index (χ0) is 16.6. The fourth-order valence-electron chi connectivity index (χ4n) is 2.72. The minimum absolute atomic E-state index is 0.184. The first-order chi connectivity index (χ1) is 10.9. The number of nitrogens with zero attached hydrogens (tertiary/aromatic N) is 1. The van der Waals surface area contributed by atoms with Crippen molar-refractivity contribution in [2.75, 3.05) is 13.1 Å². The first kappa shape index (κ1) is 15.6. The van der Waals surface area contributed by atoms with Gasteiger partial charge in [-0.3, -0.25) is 9.59 Å². The van der Waals surface area contributed by atoms with Crippen LogP contribution >= 0.6 is 11.6 Å². The van der Waals surface area contributed by atoms with Gasteiger partial charge in [0.05, 0.1) is 10.4 Å². The van der Waals surface area contributed by atoms with Gasteiger partial charge in [0, 0.05) is 18.7 Å². The maximum Gasteiger partial charge on any atom is 0.311 e. The molecular weight excluding hydrogens is 318 g/mol. The van der Waals surface area contributed by atoms with Gasteiger partial charge in [-0.05, 0) is 37.6 Å². The molecule has 0 radical (unpaired) electrons. The van der Waals surface area contributed by atoms with Gasteiger partial charge in [0.2, 0.25) is 0 Å². The van der Waals surface area contributed by atoms with Crippen molar-refractivity contribution in [2.24, 2.45) is 5.41 Å². The van der Waals surface area contributed by atoms with Gasteiger partial charge in [0.15, 0.2) is 5.76 Å². The molecule has 1 atom stereocenters. The molecule has 2 heterocycles. The van der Waals surface area contributed by atoms with E-state index in [0.717, 1.165) is 0 Å². The SMILES string of the molecule is C[C@@]1(C(=O)O)CCN(C(=O)c2ccc(-c3ccccc3Cl)o2)C1. The van der Waals surface area contributed by atoms with Crippen molar-refractivity contribution in [3.8, 4) is 11.3 Å². The van der Waals surface area contributed by atoms with Crippen LogP contribution in [0.3, 0.4) is 0 Å². The first-order valence-corrected chi connectivity index (χ1v) is 7.66. The number of aliphatic carboxylic acids is 1. The van der Waals surface area contributed by atoms with Crippen LogP contribution in [0.15, 0.2) is 40.8 Å². The van der Waals surface area contributed by atoms with Crippen molar-refractivity contribution in [3.63, 3.8) is 0 Å². The summed E-state index contributed by atoms with van der Waals surface area (Å²) in [7, 11) is 0. The topological polar surface area (TPSA) is 70.8 Å². The zero-order valence-electron chi connectivity index (χ0n) is 12.6. The number of hydrogen-bond donors (Lipinski definition) is 1. The molecule has 1 fully saturated rings. The molecule has 1 aliphatic heterocycles. The number of carboxylic acids is 1. The second-order valence-corrected chi connectivity index (χ2v) is 6.39. The molecule has 1 aromatic carbocycles. The number of hydrogen-bond acceptors (Lipinski definition) is 3. The fourth-order valence-corrected chi connectivity index (χ4v) is 2.95. The summed E-state index contributed by atoms with van der Waals surface area (Å²) < 4.78 is 5.63. The van der Waals surface area contributed by atoms with E-state index in [1.54, 1.807) is 25.1 Å². The predicted octanol–water partition coefficient (Wildman–Crippen LogP) is 3.54. The van der Waals surface area contributed by atoms with Crippen LogP contribution in [-0.4, -0.2) is 35.0 Å². The Morgan fingerprint density at radius 3 is 2.65 bits per heavy atom. The molecule has 3 rings (SSSR count). The van der Waals surface area contributed by atoms with Crippen LogP contribution < -0.4 is 0 Å². The summed E-state index contributed by atoms with van der Waals surface area (Å²) in [6.07, 6.45) is 0.437. The lowest BCUT2D eigenvalue weighted by Gasteiger charge is -2.19. The van der Waals surface area contributed by atoms with Crippen LogP contribution in [0.5, 0.6) is 0 Å². The minimum atomic E-state index is -0.895. The average Bonchev–Trinajstić information content (AvgIpc) is 3.15. The molecule has 0 aliphatic carbocycles. The summed E-state index contributed by atoms with van der Waals surface area (Å²) in [6.45, 7) is 2.24. The maximum absolute atomic E-state index is 12.5. The monoisotopic (exact) mass is 333 g/mol. The minimum Gasteiger partial charge on any atom is -0.481 e. The van der Waals surface area contributed by atoms with Gasteiger partial charge >= 0.3 is 5.97 Å². The normalized spacial score (nSPS) is 20.7. The van der Waals surface area contributed by atoms with E-state index in [0.29, 0.717) is 29.3 Å². The smallest absolute Gasteiger partial charge is 0.311 e. The number of benzene rings is 1. The van der Waals surface area contributed by atoms with E-state index in [-0.39, 0.29) is 18.2 Å². The molecule has 1 saturated heterocycles. The molecule has 0 saturated carbocycles. The number of rotatable bonds is 3. The highest BCUT2D eigenvalue weighted by Gasteiger charge is 2.42. The Morgan fingerprint density at radius 1 is 1.26 bits per heavy atom. The van der Waals surface area contributed by atoms with Crippen LogP contribution in [0.25, 0.3) is 11.3 Å². The van der Waals surface area contributed by atoms with Gasteiger partial charge in [0.25, 0.3) is 5.91 Å². The summed E-state index contributed by atoms with van der Waals surface area (Å²) in [5, 5.41) is 9.79. The molecule has 0 unspecified atom stereocenters. The Balaban J connectivity index is 1.80. The van der Waals surface area contributed by atoms with Gasteiger partial charge in [-0.2, -0.15) is 0 Å².